The molecule has 2 N–H and O–H groups in total. The van der Waals surface area contributed by atoms with E-state index in [4.69, 9.17) is 5.11 Å². The van der Waals surface area contributed by atoms with Gasteiger partial charge in [-0.1, -0.05) is 6.42 Å². The van der Waals surface area contributed by atoms with Crippen LogP contribution in [0.15, 0.2) is 0 Å². The molecule has 1 amide bonds. The van der Waals surface area contributed by atoms with Gasteiger partial charge in [0.25, 0.3) is 0 Å². The Morgan fingerprint density at radius 3 is 2.25 bits per heavy atom. The Kier molecular flexibility index (Phi) is 4.25. The van der Waals surface area contributed by atoms with Crippen molar-refractivity contribution < 1.29 is 27.9 Å². The van der Waals surface area contributed by atoms with Crippen molar-refractivity contribution >= 4 is 11.9 Å². The second-order valence-electron chi connectivity index (χ2n) is 5.81. The Hall–Kier alpha value is -1.27. The molecule has 7 heteroatoms. The molecule has 0 bridgehead atoms. The first-order chi connectivity index (χ1) is 9.27. The molecule has 0 heterocycles. The highest BCUT2D eigenvalue weighted by Crippen LogP contribution is 2.40. The summed E-state index contributed by atoms with van der Waals surface area (Å²) in [4.78, 5) is 22.6. The molecule has 0 aromatic carbocycles. The van der Waals surface area contributed by atoms with Crippen LogP contribution < -0.4 is 5.32 Å². The second-order valence-corrected chi connectivity index (χ2v) is 5.81. The molecule has 0 aromatic heterocycles. The van der Waals surface area contributed by atoms with E-state index in [0.717, 1.165) is 0 Å². The van der Waals surface area contributed by atoms with Crippen molar-refractivity contribution in [1.29, 1.82) is 0 Å². The van der Waals surface area contributed by atoms with Crippen molar-refractivity contribution in [3.05, 3.63) is 0 Å². The lowest BCUT2D eigenvalue weighted by molar-refractivity contribution is -0.186. The maximum absolute atomic E-state index is 12.7. The van der Waals surface area contributed by atoms with Crippen LogP contribution in [0.2, 0.25) is 0 Å². The van der Waals surface area contributed by atoms with E-state index in [1.165, 1.54) is 0 Å². The highest BCUT2D eigenvalue weighted by atomic mass is 19.4. The monoisotopic (exact) mass is 293 g/mol. The molecule has 2 aliphatic rings. The van der Waals surface area contributed by atoms with E-state index in [2.05, 4.69) is 5.32 Å². The number of alkyl halides is 3. The molecule has 0 radical (unpaired) electrons. The maximum atomic E-state index is 12.7. The molecule has 0 saturated heterocycles. The highest BCUT2D eigenvalue weighted by Gasteiger charge is 2.44. The van der Waals surface area contributed by atoms with E-state index < -0.39 is 29.9 Å². The van der Waals surface area contributed by atoms with Crippen molar-refractivity contribution in [3.8, 4) is 0 Å². The number of carbonyl (C=O) groups is 2. The zero-order valence-electron chi connectivity index (χ0n) is 10.9. The summed E-state index contributed by atoms with van der Waals surface area (Å²) in [6, 6.07) is -0.199. The van der Waals surface area contributed by atoms with Gasteiger partial charge < -0.3 is 10.4 Å². The fourth-order valence-corrected chi connectivity index (χ4v) is 2.98. The van der Waals surface area contributed by atoms with Crippen LogP contribution in [0.1, 0.15) is 38.5 Å². The van der Waals surface area contributed by atoms with E-state index in [-0.39, 0.29) is 24.8 Å². The Balaban J connectivity index is 1.80. The van der Waals surface area contributed by atoms with Gasteiger partial charge in [0, 0.05) is 12.0 Å². The summed E-state index contributed by atoms with van der Waals surface area (Å²) in [6.45, 7) is 0. The van der Waals surface area contributed by atoms with Crippen molar-refractivity contribution in [2.75, 3.05) is 0 Å². The Morgan fingerprint density at radius 1 is 1.05 bits per heavy atom. The zero-order valence-corrected chi connectivity index (χ0v) is 10.9. The van der Waals surface area contributed by atoms with Gasteiger partial charge in [0.2, 0.25) is 5.91 Å². The molecular formula is C13H18F3NO3. The number of rotatable bonds is 3. The van der Waals surface area contributed by atoms with E-state index in [9.17, 15) is 22.8 Å². The number of halogens is 3. The number of hydrogen-bond acceptors (Lipinski definition) is 2. The predicted molar refractivity (Wildman–Crippen MR) is 63.8 cm³/mol. The Labute approximate surface area is 114 Å². The van der Waals surface area contributed by atoms with Crippen molar-refractivity contribution in [2.45, 2.75) is 50.7 Å². The van der Waals surface area contributed by atoms with Crippen LogP contribution in [-0.2, 0) is 9.59 Å². The van der Waals surface area contributed by atoms with Gasteiger partial charge in [-0.2, -0.15) is 13.2 Å². The highest BCUT2D eigenvalue weighted by molar-refractivity contribution is 5.80. The van der Waals surface area contributed by atoms with E-state index in [1.807, 2.05) is 0 Å². The molecule has 2 rings (SSSR count). The molecule has 2 aliphatic carbocycles. The van der Waals surface area contributed by atoms with Crippen LogP contribution in [0.3, 0.4) is 0 Å². The normalized spacial score (nSPS) is 34.1. The van der Waals surface area contributed by atoms with E-state index >= 15 is 0 Å². The summed E-state index contributed by atoms with van der Waals surface area (Å²) >= 11 is 0. The van der Waals surface area contributed by atoms with Gasteiger partial charge in [-0.25, -0.2) is 0 Å². The van der Waals surface area contributed by atoms with Gasteiger partial charge in [-0.3, -0.25) is 9.59 Å². The minimum Gasteiger partial charge on any atom is -0.481 e. The molecule has 4 nitrogen and oxygen atoms in total. The summed E-state index contributed by atoms with van der Waals surface area (Å²) in [6.07, 6.45) is -2.66. The first-order valence-electron chi connectivity index (χ1n) is 6.87. The van der Waals surface area contributed by atoms with E-state index in [0.29, 0.717) is 25.7 Å². The summed E-state index contributed by atoms with van der Waals surface area (Å²) in [5.41, 5.74) is 0. The molecular weight excluding hydrogens is 275 g/mol. The molecule has 2 atom stereocenters. The van der Waals surface area contributed by atoms with Crippen LogP contribution in [-0.4, -0.2) is 29.2 Å². The minimum atomic E-state index is -4.23. The molecule has 2 fully saturated rings. The Morgan fingerprint density at radius 2 is 1.70 bits per heavy atom. The third-order valence-electron chi connectivity index (χ3n) is 4.34. The number of aliphatic carboxylic acids is 1. The Bertz CT molecular complexity index is 391. The zero-order chi connectivity index (χ0) is 14.9. The van der Waals surface area contributed by atoms with Crippen LogP contribution in [0, 0.1) is 17.8 Å². The van der Waals surface area contributed by atoms with Crippen LogP contribution in [0.25, 0.3) is 0 Å². The molecule has 0 spiro atoms. The maximum Gasteiger partial charge on any atom is 0.391 e. The third-order valence-corrected chi connectivity index (χ3v) is 4.34. The molecule has 20 heavy (non-hydrogen) atoms. The fourth-order valence-electron chi connectivity index (χ4n) is 2.98. The lowest BCUT2D eigenvalue weighted by Gasteiger charge is -2.35. The molecule has 114 valence electrons. The number of carboxylic acids is 1. The second kappa shape index (κ2) is 5.61. The topological polar surface area (TPSA) is 66.4 Å². The number of hydrogen-bond donors (Lipinski definition) is 2. The number of amides is 1. The average Bonchev–Trinajstić information content (AvgIpc) is 2.31. The first-order valence-corrected chi connectivity index (χ1v) is 6.87. The van der Waals surface area contributed by atoms with Gasteiger partial charge >= 0.3 is 12.1 Å². The van der Waals surface area contributed by atoms with Gasteiger partial charge in [-0.15, -0.1) is 0 Å². The van der Waals surface area contributed by atoms with Gasteiger partial charge in [-0.05, 0) is 32.1 Å². The lowest BCUT2D eigenvalue weighted by atomic mass is 9.78. The summed E-state index contributed by atoms with van der Waals surface area (Å²) in [5, 5.41) is 11.4. The fraction of sp³-hybridized carbons (Fsp3) is 0.846. The lowest BCUT2D eigenvalue weighted by Crippen LogP contribution is -2.49. The number of nitrogens with one attached hydrogen (secondary N) is 1. The summed E-state index contributed by atoms with van der Waals surface area (Å²) in [5.74, 6) is -3.66. The van der Waals surface area contributed by atoms with Crippen LogP contribution in [0.4, 0.5) is 13.2 Å². The van der Waals surface area contributed by atoms with Crippen molar-refractivity contribution in [1.82, 2.24) is 5.32 Å². The van der Waals surface area contributed by atoms with Crippen LogP contribution >= 0.6 is 0 Å². The molecule has 2 saturated carbocycles. The first kappa shape index (κ1) is 15.1. The quantitative estimate of drug-likeness (QED) is 0.839. The minimum absolute atomic E-state index is 0.0950. The number of carboxylic acid groups (broad SMARTS) is 1. The van der Waals surface area contributed by atoms with Gasteiger partial charge in [0.15, 0.2) is 0 Å². The summed E-state index contributed by atoms with van der Waals surface area (Å²) in [7, 11) is 0. The SMILES string of the molecule is O=C(O)C1CC(NC(=O)C2CCCC(C(F)(F)F)C2)C1. The number of carbonyl (C=O) groups excluding carboxylic acids is 1. The predicted octanol–water partition coefficient (Wildman–Crippen LogP) is 2.33. The van der Waals surface area contributed by atoms with Crippen molar-refractivity contribution in [3.63, 3.8) is 0 Å². The molecule has 0 aromatic rings. The third kappa shape index (κ3) is 3.43. The van der Waals surface area contributed by atoms with Crippen molar-refractivity contribution in [2.24, 2.45) is 17.8 Å². The molecule has 2 unspecified atom stereocenters. The summed E-state index contributed by atoms with van der Waals surface area (Å²) < 4.78 is 38.0. The molecule has 0 aliphatic heterocycles. The van der Waals surface area contributed by atoms with Crippen LogP contribution in [0.5, 0.6) is 0 Å². The smallest absolute Gasteiger partial charge is 0.391 e. The largest absolute Gasteiger partial charge is 0.481 e. The van der Waals surface area contributed by atoms with Gasteiger partial charge in [0.1, 0.15) is 0 Å². The van der Waals surface area contributed by atoms with E-state index in [1.54, 1.807) is 0 Å². The average molecular weight is 293 g/mol. The standard InChI is InChI=1S/C13H18F3NO3/c14-13(15,16)9-3-1-2-7(4-9)11(18)17-10-5-8(6-10)12(19)20/h7-10H,1-6H2,(H,17,18)(H,19,20). The van der Waals surface area contributed by atoms with Gasteiger partial charge in [0.05, 0.1) is 11.8 Å².